The van der Waals surface area contributed by atoms with Crippen LogP contribution < -0.4 is 0 Å². The molecule has 0 spiro atoms. The minimum atomic E-state index is -4.11. The Morgan fingerprint density at radius 1 is 1.00 bits per heavy atom. The molecule has 0 fully saturated rings. The number of hydrogen-bond acceptors (Lipinski definition) is 3. The summed E-state index contributed by atoms with van der Waals surface area (Å²) in [6.45, 7) is 0. The zero-order chi connectivity index (χ0) is 3.58. The molecule has 0 aromatic heterocycles. The fraction of sp³-hybridized carbons (Fsp3) is 0. The molecule has 0 aliphatic carbocycles. The van der Waals surface area contributed by atoms with Crippen LogP contribution in [0.15, 0.2) is 0 Å². The first-order chi connectivity index (χ1) is 1.73. The predicted octanol–water partition coefficient (Wildman–Crippen LogP) is -0.480. The minimum absolute atomic E-state index is 0. The number of rotatable bonds is 0. The van der Waals surface area contributed by atoms with Crippen LogP contribution in [0.1, 0.15) is 0 Å². The van der Waals surface area contributed by atoms with E-state index in [9.17, 15) is 0 Å². The summed E-state index contributed by atoms with van der Waals surface area (Å²) in [7, 11) is 0. The third kappa shape index (κ3) is 180. The monoisotopic (exact) mass is 218 g/mol. The standard InChI is InChI=1S/Fe.Mo.4O/q+2;;;;;-2. The van der Waals surface area contributed by atoms with Gasteiger partial charge in [-0.25, -0.2) is 0 Å². The van der Waals surface area contributed by atoms with Gasteiger partial charge in [0.2, 0.25) is 0 Å². The van der Waals surface area contributed by atoms with Crippen LogP contribution in [-0.4, -0.2) is 0 Å². The molecule has 6 heavy (non-hydrogen) atoms. The van der Waals surface area contributed by atoms with Crippen molar-refractivity contribution in [1.82, 2.24) is 0 Å². The van der Waals surface area contributed by atoms with Gasteiger partial charge in [-0.15, -0.1) is 0 Å². The van der Waals surface area contributed by atoms with Crippen LogP contribution in [0.25, 0.3) is 0 Å². The van der Waals surface area contributed by atoms with E-state index < -0.39 is 17.2 Å². The molecule has 0 heterocycles. The molecular weight excluding hydrogens is 216 g/mol. The van der Waals surface area contributed by atoms with Gasteiger partial charge in [0.25, 0.3) is 0 Å². The van der Waals surface area contributed by atoms with Crippen molar-refractivity contribution in [3.05, 3.63) is 0 Å². The van der Waals surface area contributed by atoms with Crippen molar-refractivity contribution >= 4 is 0 Å². The second kappa shape index (κ2) is 9.13. The van der Waals surface area contributed by atoms with Gasteiger partial charge in [0, 0.05) is 0 Å². The summed E-state index contributed by atoms with van der Waals surface area (Å²) in [4.78, 5) is 0. The van der Waals surface area contributed by atoms with Gasteiger partial charge in [-0.05, 0) is 0 Å². The third-order valence-electron chi connectivity index (χ3n) is 0. The maximum atomic E-state index is 8.59. The molecular formula is FeMoO4. The van der Waals surface area contributed by atoms with Crippen molar-refractivity contribution in [2.24, 2.45) is 0 Å². The van der Waals surface area contributed by atoms with Crippen molar-refractivity contribution in [2.45, 2.75) is 0 Å². The molecule has 0 aliphatic heterocycles. The van der Waals surface area contributed by atoms with E-state index in [0.29, 0.717) is 0 Å². The average molecular weight is 216 g/mol. The summed E-state index contributed by atoms with van der Waals surface area (Å²) in [5.41, 5.74) is 0. The molecule has 0 aliphatic rings. The molecule has 0 unspecified atom stereocenters. The van der Waals surface area contributed by atoms with Crippen LogP contribution >= 0.6 is 0 Å². The summed E-state index contributed by atoms with van der Waals surface area (Å²) >= 11 is -4.11. The fourth-order valence-electron chi connectivity index (χ4n) is 0. The summed E-state index contributed by atoms with van der Waals surface area (Å²) in [5, 5.41) is 0. The van der Waals surface area contributed by atoms with Gasteiger partial charge in [-0.3, -0.25) is 0 Å². The molecule has 38 valence electrons. The molecule has 0 saturated heterocycles. The zero-order valence-corrected chi connectivity index (χ0v) is 5.51. The van der Waals surface area contributed by atoms with E-state index in [1.807, 2.05) is 0 Å². The third-order valence-corrected chi connectivity index (χ3v) is 0. The molecule has 0 aromatic rings. The summed E-state index contributed by atoms with van der Waals surface area (Å²) in [5.74, 6) is 0. The maximum absolute atomic E-state index is 8.59. The van der Waals surface area contributed by atoms with Gasteiger partial charge >= 0.3 is 44.5 Å². The molecule has 0 atom stereocenters. The molecule has 0 amide bonds. The molecule has 0 N–H and O–H groups in total. The summed E-state index contributed by atoms with van der Waals surface area (Å²) in [6.07, 6.45) is 0. The predicted molar refractivity (Wildman–Crippen MR) is 2.75 cm³/mol. The Morgan fingerprint density at radius 3 is 1.00 bits per heavy atom. The Morgan fingerprint density at radius 2 is 1.00 bits per heavy atom. The van der Waals surface area contributed by atoms with Crippen molar-refractivity contribution in [1.29, 1.82) is 0 Å². The van der Waals surface area contributed by atoms with Crippen LogP contribution in [0.2, 0.25) is 0 Å². The van der Waals surface area contributed by atoms with Crippen LogP contribution in [0, 0.1) is 0 Å². The van der Waals surface area contributed by atoms with Gasteiger partial charge in [0.05, 0.1) is 0 Å². The summed E-state index contributed by atoms with van der Waals surface area (Å²) < 4.78 is 25.8. The Labute approximate surface area is 50.2 Å². The van der Waals surface area contributed by atoms with Gasteiger partial charge in [-0.1, -0.05) is 0 Å². The molecule has 0 aromatic carbocycles. The zero-order valence-electron chi connectivity index (χ0n) is 2.39. The molecule has 0 rings (SSSR count). The molecule has 4 nitrogen and oxygen atoms in total. The van der Waals surface area contributed by atoms with E-state index in [1.165, 1.54) is 0 Å². The molecule has 0 radical (unpaired) electrons. The van der Waals surface area contributed by atoms with E-state index in [0.717, 1.165) is 0 Å². The van der Waals surface area contributed by atoms with Gasteiger partial charge < -0.3 is 5.48 Å². The second-order valence-electron chi connectivity index (χ2n) is 0.204. The molecule has 0 bridgehead atoms. The van der Waals surface area contributed by atoms with Crippen LogP contribution in [0.4, 0.5) is 0 Å². The van der Waals surface area contributed by atoms with Crippen molar-refractivity contribution < 1.29 is 49.9 Å². The topological polar surface area (TPSA) is 79.7 Å². The van der Waals surface area contributed by atoms with E-state index >= 15 is 0 Å². The Kier molecular flexibility index (Phi) is 24.3. The van der Waals surface area contributed by atoms with Crippen molar-refractivity contribution in [3.8, 4) is 0 Å². The Hall–Kier alpha value is 0.568. The molecule has 6 heteroatoms. The fourth-order valence-corrected chi connectivity index (χ4v) is 0. The normalized spacial score (nSPS) is 4.00. The number of hydrogen-bond donors (Lipinski definition) is 0. The van der Waals surface area contributed by atoms with Crippen LogP contribution in [0.5, 0.6) is 0 Å². The quantitative estimate of drug-likeness (QED) is 0.512. The van der Waals surface area contributed by atoms with Gasteiger partial charge in [-0.2, -0.15) is 0 Å². The van der Waals surface area contributed by atoms with E-state index in [-0.39, 0.29) is 22.5 Å². The first kappa shape index (κ1) is 16.0. The molecule has 0 saturated carbocycles. The first-order valence-corrected chi connectivity index (χ1v) is 2.96. The van der Waals surface area contributed by atoms with Crippen molar-refractivity contribution in [2.75, 3.05) is 0 Å². The van der Waals surface area contributed by atoms with Gasteiger partial charge in [0.15, 0.2) is 0 Å². The average Bonchev–Trinajstić information content (AvgIpc) is 0.811. The van der Waals surface area contributed by atoms with Crippen molar-refractivity contribution in [3.63, 3.8) is 0 Å². The van der Waals surface area contributed by atoms with Crippen LogP contribution in [-0.2, 0) is 49.9 Å². The second-order valence-corrected chi connectivity index (χ2v) is 1.21. The van der Waals surface area contributed by atoms with E-state index in [1.54, 1.807) is 0 Å². The van der Waals surface area contributed by atoms with Gasteiger partial charge in [0.1, 0.15) is 0 Å². The van der Waals surface area contributed by atoms with E-state index in [2.05, 4.69) is 0 Å². The Bertz CT molecular complexity index is 76.9. The first-order valence-electron chi connectivity index (χ1n) is 0.500. The SMILES string of the molecule is [Fe+2].[O-2].[O]=[Mo](=[O])=[O]. The summed E-state index contributed by atoms with van der Waals surface area (Å²) in [6, 6.07) is 0. The van der Waals surface area contributed by atoms with E-state index in [4.69, 9.17) is 10.2 Å². The van der Waals surface area contributed by atoms with Crippen LogP contribution in [0.3, 0.4) is 0 Å². The Balaban J connectivity index is -0.0000000450.